The quantitative estimate of drug-likeness (QED) is 0.712. The normalized spacial score (nSPS) is 27.3. The van der Waals surface area contributed by atoms with Gasteiger partial charge in [-0.2, -0.15) is 0 Å². The van der Waals surface area contributed by atoms with Crippen LogP contribution >= 0.6 is 0 Å². The highest BCUT2D eigenvalue weighted by atomic mass is 16.6. The Morgan fingerprint density at radius 1 is 1.22 bits per heavy atom. The van der Waals surface area contributed by atoms with Crippen LogP contribution < -0.4 is 0 Å². The van der Waals surface area contributed by atoms with Gasteiger partial charge >= 0.3 is 5.97 Å². The minimum Gasteiger partial charge on any atom is -0.497 e. The average Bonchev–Trinajstić information content (AvgIpc) is 2.44. The molecular weight excluding hydrogens is 228 g/mol. The Morgan fingerprint density at radius 2 is 2.00 bits per heavy atom. The number of ether oxygens (including phenoxy) is 2. The van der Waals surface area contributed by atoms with Crippen LogP contribution in [0, 0.1) is 5.92 Å². The third kappa shape index (κ3) is 1.80. The molecule has 0 N–H and O–H groups in total. The highest BCUT2D eigenvalue weighted by molar-refractivity contribution is 5.90. The van der Waals surface area contributed by atoms with Crippen molar-refractivity contribution >= 4 is 5.97 Å². The summed E-state index contributed by atoms with van der Waals surface area (Å²) in [5.74, 6) is 0.725. The third-order valence-electron chi connectivity index (χ3n) is 3.60. The maximum Gasteiger partial charge on any atom is 0.338 e. The molecule has 0 fully saturated rings. The Labute approximate surface area is 106 Å². The van der Waals surface area contributed by atoms with Crippen molar-refractivity contribution in [2.45, 2.75) is 25.9 Å². The van der Waals surface area contributed by atoms with Crippen molar-refractivity contribution in [3.8, 4) is 0 Å². The summed E-state index contributed by atoms with van der Waals surface area (Å²) in [7, 11) is 0. The van der Waals surface area contributed by atoms with Crippen molar-refractivity contribution in [2.24, 2.45) is 5.92 Å². The summed E-state index contributed by atoms with van der Waals surface area (Å²) in [6, 6.07) is 9.86. The largest absolute Gasteiger partial charge is 0.497 e. The number of benzene rings is 1. The molecular formula is C15H16O3. The minimum atomic E-state index is -0.226. The van der Waals surface area contributed by atoms with Gasteiger partial charge in [0.1, 0.15) is 11.9 Å². The summed E-state index contributed by atoms with van der Waals surface area (Å²) in [4.78, 5) is 12.0. The first-order valence-corrected chi connectivity index (χ1v) is 6.39. The second-order valence-corrected chi connectivity index (χ2v) is 4.82. The lowest BCUT2D eigenvalue weighted by molar-refractivity contribution is -0.151. The molecule has 0 saturated carbocycles. The maximum absolute atomic E-state index is 12.0. The number of hydrogen-bond acceptors (Lipinski definition) is 3. The van der Waals surface area contributed by atoms with Crippen molar-refractivity contribution in [3.05, 3.63) is 47.2 Å². The molecule has 3 nitrogen and oxygen atoms in total. The summed E-state index contributed by atoms with van der Waals surface area (Å²) in [5.41, 5.74) is 1.76. The van der Waals surface area contributed by atoms with Gasteiger partial charge in [0.2, 0.25) is 0 Å². The van der Waals surface area contributed by atoms with Gasteiger partial charge in [-0.3, -0.25) is 0 Å². The zero-order valence-electron chi connectivity index (χ0n) is 10.4. The number of esters is 1. The smallest absolute Gasteiger partial charge is 0.338 e. The topological polar surface area (TPSA) is 35.5 Å². The molecule has 0 aliphatic carbocycles. The molecule has 0 radical (unpaired) electrons. The SMILES string of the molecule is C[C@H]1C2=C(CCCO2)C(=O)O[C@H]1c1ccccc1. The van der Waals surface area contributed by atoms with Crippen LogP contribution in [0.2, 0.25) is 0 Å². The number of hydrogen-bond donors (Lipinski definition) is 0. The lowest BCUT2D eigenvalue weighted by atomic mass is 9.88. The minimum absolute atomic E-state index is 0.0976. The van der Waals surface area contributed by atoms with E-state index in [0.717, 1.165) is 29.7 Å². The van der Waals surface area contributed by atoms with E-state index < -0.39 is 0 Å². The molecule has 1 aromatic carbocycles. The standard InChI is InChI=1S/C15H16O3/c1-10-13(11-6-3-2-4-7-11)18-15(16)12-8-5-9-17-14(10)12/h2-4,6-7,10,13H,5,8-9H2,1H3/t10-,13-/m1/s1. The van der Waals surface area contributed by atoms with E-state index in [1.807, 2.05) is 30.3 Å². The van der Waals surface area contributed by atoms with Gasteiger partial charge in [0.25, 0.3) is 0 Å². The summed E-state index contributed by atoms with van der Waals surface area (Å²) in [5, 5.41) is 0. The van der Waals surface area contributed by atoms with Gasteiger partial charge in [-0.15, -0.1) is 0 Å². The van der Waals surface area contributed by atoms with Gasteiger partial charge in [-0.05, 0) is 18.4 Å². The van der Waals surface area contributed by atoms with Crippen molar-refractivity contribution < 1.29 is 14.3 Å². The van der Waals surface area contributed by atoms with Crippen LogP contribution in [-0.2, 0) is 14.3 Å². The first-order chi connectivity index (χ1) is 8.77. The van der Waals surface area contributed by atoms with Crippen molar-refractivity contribution in [1.29, 1.82) is 0 Å². The highest BCUT2D eigenvalue weighted by Gasteiger charge is 2.38. The lowest BCUT2D eigenvalue weighted by Crippen LogP contribution is -2.31. The number of rotatable bonds is 1. The van der Waals surface area contributed by atoms with Gasteiger partial charge in [-0.25, -0.2) is 4.79 Å². The zero-order valence-corrected chi connectivity index (χ0v) is 10.4. The van der Waals surface area contributed by atoms with Crippen LogP contribution in [-0.4, -0.2) is 12.6 Å². The van der Waals surface area contributed by atoms with Crippen LogP contribution in [0.5, 0.6) is 0 Å². The van der Waals surface area contributed by atoms with Gasteiger partial charge in [0.15, 0.2) is 0 Å². The predicted molar refractivity (Wildman–Crippen MR) is 66.7 cm³/mol. The Bertz CT molecular complexity index is 490. The van der Waals surface area contributed by atoms with E-state index in [1.54, 1.807) is 0 Å². The zero-order chi connectivity index (χ0) is 12.5. The monoisotopic (exact) mass is 244 g/mol. The molecule has 2 atom stereocenters. The second-order valence-electron chi connectivity index (χ2n) is 4.82. The van der Waals surface area contributed by atoms with Gasteiger partial charge in [-0.1, -0.05) is 37.3 Å². The van der Waals surface area contributed by atoms with Crippen molar-refractivity contribution in [2.75, 3.05) is 6.61 Å². The fraction of sp³-hybridized carbons (Fsp3) is 0.400. The lowest BCUT2D eigenvalue weighted by Gasteiger charge is -2.34. The van der Waals surface area contributed by atoms with E-state index in [4.69, 9.17) is 9.47 Å². The molecule has 0 saturated heterocycles. The van der Waals surface area contributed by atoms with E-state index in [2.05, 4.69) is 6.92 Å². The van der Waals surface area contributed by atoms with E-state index in [9.17, 15) is 4.79 Å². The highest BCUT2D eigenvalue weighted by Crippen LogP contribution is 2.40. The van der Waals surface area contributed by atoms with E-state index in [-0.39, 0.29) is 18.0 Å². The fourth-order valence-electron chi connectivity index (χ4n) is 2.68. The Kier molecular flexibility index (Phi) is 2.82. The first kappa shape index (κ1) is 11.3. The number of carbonyl (C=O) groups excluding carboxylic acids is 1. The average molecular weight is 244 g/mol. The molecule has 0 unspecified atom stereocenters. The molecule has 0 bridgehead atoms. The third-order valence-corrected chi connectivity index (χ3v) is 3.60. The predicted octanol–water partition coefficient (Wildman–Crippen LogP) is 2.99. The molecule has 3 rings (SSSR count). The van der Waals surface area contributed by atoms with Crippen molar-refractivity contribution in [1.82, 2.24) is 0 Å². The number of cyclic esters (lactones) is 1. The maximum atomic E-state index is 12.0. The van der Waals surface area contributed by atoms with Gasteiger partial charge < -0.3 is 9.47 Å². The summed E-state index contributed by atoms with van der Waals surface area (Å²) in [6.45, 7) is 2.77. The molecule has 1 aromatic rings. The molecule has 2 heterocycles. The van der Waals surface area contributed by atoms with Crippen LogP contribution in [0.3, 0.4) is 0 Å². The molecule has 3 heteroatoms. The Balaban J connectivity index is 1.97. The van der Waals surface area contributed by atoms with Crippen LogP contribution in [0.1, 0.15) is 31.4 Å². The molecule has 18 heavy (non-hydrogen) atoms. The van der Waals surface area contributed by atoms with Crippen LogP contribution in [0.4, 0.5) is 0 Å². The molecule has 2 aliphatic heterocycles. The fourth-order valence-corrected chi connectivity index (χ4v) is 2.68. The summed E-state index contributed by atoms with van der Waals surface area (Å²) >= 11 is 0. The molecule has 0 aromatic heterocycles. The molecule has 0 amide bonds. The molecule has 0 spiro atoms. The van der Waals surface area contributed by atoms with E-state index in [0.29, 0.717) is 6.61 Å². The van der Waals surface area contributed by atoms with E-state index in [1.165, 1.54) is 0 Å². The van der Waals surface area contributed by atoms with E-state index >= 15 is 0 Å². The van der Waals surface area contributed by atoms with Gasteiger partial charge in [0, 0.05) is 0 Å². The van der Waals surface area contributed by atoms with Crippen LogP contribution in [0.25, 0.3) is 0 Å². The first-order valence-electron chi connectivity index (χ1n) is 6.39. The van der Waals surface area contributed by atoms with Crippen molar-refractivity contribution in [3.63, 3.8) is 0 Å². The second kappa shape index (κ2) is 4.48. The summed E-state index contributed by atoms with van der Waals surface area (Å²) in [6.07, 6.45) is 1.45. The Hall–Kier alpha value is -1.77. The van der Waals surface area contributed by atoms with Gasteiger partial charge in [0.05, 0.1) is 18.1 Å². The summed E-state index contributed by atoms with van der Waals surface area (Å²) < 4.78 is 11.3. The molecule has 94 valence electrons. The molecule has 2 aliphatic rings. The Morgan fingerprint density at radius 3 is 2.78 bits per heavy atom. The van der Waals surface area contributed by atoms with Crippen LogP contribution in [0.15, 0.2) is 41.7 Å². The number of carbonyl (C=O) groups is 1.